The molecule has 2 aliphatic rings. The fourth-order valence-electron chi connectivity index (χ4n) is 4.62. The summed E-state index contributed by atoms with van der Waals surface area (Å²) in [5, 5.41) is 0. The Morgan fingerprint density at radius 1 is 0.906 bits per heavy atom. The Morgan fingerprint density at radius 2 is 1.56 bits per heavy atom. The summed E-state index contributed by atoms with van der Waals surface area (Å²) in [7, 11) is -1.61. The Kier molecular flexibility index (Phi) is 7.65. The molecule has 0 atom stereocenters. The van der Waals surface area contributed by atoms with Crippen LogP contribution in [0.25, 0.3) is 0 Å². The number of hydrogen-bond donors (Lipinski definition) is 0. The number of ether oxygens (including phenoxy) is 2. The molecule has 4 rings (SSSR count). The van der Waals surface area contributed by atoms with Crippen molar-refractivity contribution in [2.75, 3.05) is 39.0 Å². The van der Waals surface area contributed by atoms with Gasteiger partial charge in [-0.3, -0.25) is 4.98 Å². The van der Waals surface area contributed by atoms with E-state index in [1.165, 1.54) is 0 Å². The molecule has 1 aromatic carbocycles. The van der Waals surface area contributed by atoms with Crippen LogP contribution in [0.1, 0.15) is 31.2 Å². The lowest BCUT2D eigenvalue weighted by molar-refractivity contribution is 0.0585. The van der Waals surface area contributed by atoms with Gasteiger partial charge in [0.25, 0.3) is 0 Å². The van der Waals surface area contributed by atoms with Crippen molar-refractivity contribution in [1.82, 2.24) is 14.2 Å². The lowest BCUT2D eigenvalue weighted by Crippen LogP contribution is -2.50. The molecule has 7 nitrogen and oxygen atoms in total. The number of hydrogen-bond acceptors (Lipinski definition) is 6. The van der Waals surface area contributed by atoms with Gasteiger partial charge in [0.15, 0.2) is 0 Å². The van der Waals surface area contributed by atoms with Gasteiger partial charge in [-0.15, -0.1) is 0 Å². The molecule has 0 bridgehead atoms. The van der Waals surface area contributed by atoms with Gasteiger partial charge in [-0.2, -0.15) is 0 Å². The van der Waals surface area contributed by atoms with E-state index < -0.39 is 10.0 Å². The number of aromatic nitrogens is 1. The van der Waals surface area contributed by atoms with Crippen LogP contribution in [0.4, 0.5) is 0 Å². The monoisotopic (exact) mass is 459 g/mol. The minimum atomic E-state index is -3.24. The molecule has 2 aromatic rings. The molecule has 0 saturated carbocycles. The molecule has 8 heteroatoms. The van der Waals surface area contributed by atoms with E-state index in [4.69, 9.17) is 9.47 Å². The molecule has 0 N–H and O–H groups in total. The first-order valence-electron chi connectivity index (χ1n) is 11.4. The highest BCUT2D eigenvalue weighted by atomic mass is 32.2. The summed E-state index contributed by atoms with van der Waals surface area (Å²) in [6.45, 7) is 3.24. The highest BCUT2D eigenvalue weighted by Gasteiger charge is 2.32. The normalized spacial score (nSPS) is 19.7. The SMILES string of the molecule is COc1ccc(CCS(=O)(=O)N2CCC(N3CCC(Oc4ccncc4)CC3)CC2)cc1. The third kappa shape index (κ3) is 5.99. The first kappa shape index (κ1) is 23.0. The standard InChI is InChI=1S/C24H33N3O4S/c1-30-22-4-2-20(3-5-22)12-19-32(28,29)27-17-8-21(9-18-27)26-15-10-24(11-16-26)31-23-6-13-25-14-7-23/h2-7,13-14,21,24H,8-12,15-19H2,1H3. The molecular formula is C24H33N3O4S. The Hall–Kier alpha value is -2.16. The van der Waals surface area contributed by atoms with Gasteiger partial charge >= 0.3 is 0 Å². The van der Waals surface area contributed by atoms with E-state index >= 15 is 0 Å². The van der Waals surface area contributed by atoms with E-state index in [2.05, 4.69) is 9.88 Å². The Labute approximate surface area is 191 Å². The first-order chi connectivity index (χ1) is 15.5. The third-order valence-corrected chi connectivity index (χ3v) is 8.44. The zero-order valence-corrected chi connectivity index (χ0v) is 19.5. The molecule has 174 valence electrons. The summed E-state index contributed by atoms with van der Waals surface area (Å²) >= 11 is 0. The van der Waals surface area contributed by atoms with Crippen LogP contribution in [-0.4, -0.2) is 73.8 Å². The molecule has 2 saturated heterocycles. The quantitative estimate of drug-likeness (QED) is 0.604. The van der Waals surface area contributed by atoms with Crippen LogP contribution >= 0.6 is 0 Å². The average Bonchev–Trinajstić information content (AvgIpc) is 2.84. The van der Waals surface area contributed by atoms with E-state index in [0.717, 1.165) is 55.8 Å². The summed E-state index contributed by atoms with van der Waals surface area (Å²) in [5.41, 5.74) is 1.01. The fraction of sp³-hybridized carbons (Fsp3) is 0.542. The van der Waals surface area contributed by atoms with Crippen LogP contribution in [0.2, 0.25) is 0 Å². The van der Waals surface area contributed by atoms with Gasteiger partial charge in [-0.05, 0) is 61.9 Å². The molecule has 0 spiro atoms. The topological polar surface area (TPSA) is 72.0 Å². The van der Waals surface area contributed by atoms with Crippen LogP contribution in [0.3, 0.4) is 0 Å². The van der Waals surface area contributed by atoms with Crippen molar-refractivity contribution in [1.29, 1.82) is 0 Å². The Bertz CT molecular complexity index is 937. The average molecular weight is 460 g/mol. The number of rotatable bonds is 8. The van der Waals surface area contributed by atoms with E-state index in [9.17, 15) is 8.42 Å². The van der Waals surface area contributed by atoms with E-state index in [1.54, 1.807) is 23.8 Å². The minimum absolute atomic E-state index is 0.154. The summed E-state index contributed by atoms with van der Waals surface area (Å²) in [4.78, 5) is 6.55. The van der Waals surface area contributed by atoms with Gasteiger partial charge in [0.2, 0.25) is 10.0 Å². The number of likely N-dealkylation sites (tertiary alicyclic amines) is 1. The van der Waals surface area contributed by atoms with Crippen molar-refractivity contribution < 1.29 is 17.9 Å². The number of aryl methyl sites for hydroxylation is 1. The molecule has 1 aromatic heterocycles. The van der Waals surface area contributed by atoms with Crippen LogP contribution in [0, 0.1) is 0 Å². The predicted octanol–water partition coefficient (Wildman–Crippen LogP) is 2.97. The summed E-state index contributed by atoms with van der Waals surface area (Å²) in [6, 6.07) is 11.9. The first-order valence-corrected chi connectivity index (χ1v) is 13.1. The Balaban J connectivity index is 1.20. The van der Waals surface area contributed by atoms with Gasteiger partial charge in [0, 0.05) is 44.6 Å². The number of piperidine rings is 2. The number of pyridine rings is 1. The summed E-state index contributed by atoms with van der Waals surface area (Å²) < 4.78 is 38.6. The van der Waals surface area contributed by atoms with Gasteiger partial charge < -0.3 is 14.4 Å². The molecular weight excluding hydrogens is 426 g/mol. The second-order valence-electron chi connectivity index (χ2n) is 8.58. The molecule has 0 radical (unpaired) electrons. The minimum Gasteiger partial charge on any atom is -0.497 e. The molecule has 0 aliphatic carbocycles. The van der Waals surface area contributed by atoms with Crippen molar-refractivity contribution in [3.8, 4) is 11.5 Å². The highest BCUT2D eigenvalue weighted by Crippen LogP contribution is 2.25. The number of benzene rings is 1. The van der Waals surface area contributed by atoms with Gasteiger partial charge in [0.05, 0.1) is 12.9 Å². The summed E-state index contributed by atoms with van der Waals surface area (Å²) in [6.07, 6.45) is 8.08. The third-order valence-electron chi connectivity index (χ3n) is 6.57. The maximum atomic E-state index is 12.8. The van der Waals surface area contributed by atoms with Crippen LogP contribution < -0.4 is 9.47 Å². The lowest BCUT2D eigenvalue weighted by Gasteiger charge is -2.41. The molecule has 32 heavy (non-hydrogen) atoms. The van der Waals surface area contributed by atoms with Gasteiger partial charge in [0.1, 0.15) is 17.6 Å². The Morgan fingerprint density at radius 3 is 2.19 bits per heavy atom. The smallest absolute Gasteiger partial charge is 0.214 e. The van der Waals surface area contributed by atoms with Crippen molar-refractivity contribution in [2.45, 2.75) is 44.2 Å². The zero-order chi connectivity index (χ0) is 22.4. The van der Waals surface area contributed by atoms with Gasteiger partial charge in [-0.25, -0.2) is 12.7 Å². The molecule has 2 fully saturated rings. The number of methoxy groups -OCH3 is 1. The molecule has 3 heterocycles. The molecule has 2 aliphatic heterocycles. The number of sulfonamides is 1. The maximum absolute atomic E-state index is 12.8. The van der Waals surface area contributed by atoms with Crippen LogP contribution in [-0.2, 0) is 16.4 Å². The van der Waals surface area contributed by atoms with Crippen LogP contribution in [0.15, 0.2) is 48.8 Å². The fourth-order valence-corrected chi connectivity index (χ4v) is 6.14. The van der Waals surface area contributed by atoms with E-state index in [0.29, 0.717) is 25.6 Å². The van der Waals surface area contributed by atoms with Crippen molar-refractivity contribution in [3.05, 3.63) is 54.4 Å². The van der Waals surface area contributed by atoms with E-state index in [1.807, 2.05) is 36.4 Å². The van der Waals surface area contributed by atoms with Crippen LogP contribution in [0.5, 0.6) is 11.5 Å². The predicted molar refractivity (Wildman–Crippen MR) is 125 cm³/mol. The van der Waals surface area contributed by atoms with Crippen molar-refractivity contribution in [3.63, 3.8) is 0 Å². The van der Waals surface area contributed by atoms with Crippen molar-refractivity contribution in [2.24, 2.45) is 0 Å². The second-order valence-corrected chi connectivity index (χ2v) is 10.7. The second kappa shape index (κ2) is 10.6. The lowest BCUT2D eigenvalue weighted by atomic mass is 10.00. The molecule has 0 amide bonds. The largest absolute Gasteiger partial charge is 0.497 e. The number of nitrogens with zero attached hydrogens (tertiary/aromatic N) is 3. The van der Waals surface area contributed by atoms with E-state index in [-0.39, 0.29) is 11.9 Å². The highest BCUT2D eigenvalue weighted by molar-refractivity contribution is 7.89. The zero-order valence-electron chi connectivity index (χ0n) is 18.7. The summed E-state index contributed by atoms with van der Waals surface area (Å²) in [5.74, 6) is 1.82. The maximum Gasteiger partial charge on any atom is 0.214 e. The van der Waals surface area contributed by atoms with Gasteiger partial charge in [-0.1, -0.05) is 12.1 Å². The molecule has 0 unspecified atom stereocenters. The van der Waals surface area contributed by atoms with Crippen molar-refractivity contribution >= 4 is 10.0 Å².